The van der Waals surface area contributed by atoms with Crippen molar-refractivity contribution in [3.63, 3.8) is 0 Å². The maximum Gasteiger partial charge on any atom is 0.101 e. The van der Waals surface area contributed by atoms with Crippen LogP contribution in [0.25, 0.3) is 0 Å². The van der Waals surface area contributed by atoms with Gasteiger partial charge in [-0.05, 0) is 30.4 Å². The largest absolute Gasteiger partial charge is 0.397 e. The molecule has 1 rings (SSSR count). The molecule has 0 aliphatic carbocycles. The molecule has 14 heavy (non-hydrogen) atoms. The second-order valence-electron chi connectivity index (χ2n) is 3.92. The normalized spacial score (nSPS) is 10.1. The quantitative estimate of drug-likeness (QED) is 0.741. The van der Waals surface area contributed by atoms with Crippen LogP contribution >= 0.6 is 0 Å². The van der Waals surface area contributed by atoms with Gasteiger partial charge in [0.05, 0.1) is 11.3 Å². The average molecular weight is 188 g/mol. The molecule has 0 saturated carbocycles. The van der Waals surface area contributed by atoms with Gasteiger partial charge >= 0.3 is 0 Å². The van der Waals surface area contributed by atoms with Crippen molar-refractivity contribution in [1.82, 2.24) is 0 Å². The summed E-state index contributed by atoms with van der Waals surface area (Å²) in [5.41, 5.74) is 8.19. The summed E-state index contributed by atoms with van der Waals surface area (Å²) in [5, 5.41) is 8.79. The number of rotatable bonds is 3. The molecule has 2 N–H and O–H groups in total. The number of nitrogens with zero attached hydrogens (tertiary/aromatic N) is 1. The molecular formula is C12H16N2. The number of benzene rings is 1. The molecule has 0 amide bonds. The van der Waals surface area contributed by atoms with Crippen molar-refractivity contribution in [2.24, 2.45) is 5.92 Å². The van der Waals surface area contributed by atoms with Gasteiger partial charge < -0.3 is 5.73 Å². The zero-order valence-electron chi connectivity index (χ0n) is 8.75. The van der Waals surface area contributed by atoms with Gasteiger partial charge in [0.25, 0.3) is 0 Å². The number of para-hydroxylation sites is 1. The predicted molar refractivity (Wildman–Crippen MR) is 58.7 cm³/mol. The molecule has 2 heteroatoms. The number of nitrogen functional groups attached to an aromatic ring is 1. The first-order chi connectivity index (χ1) is 6.65. The monoisotopic (exact) mass is 188 g/mol. The lowest BCUT2D eigenvalue weighted by Gasteiger charge is -2.08. The highest BCUT2D eigenvalue weighted by atomic mass is 14.6. The van der Waals surface area contributed by atoms with Crippen molar-refractivity contribution in [2.75, 3.05) is 5.73 Å². The van der Waals surface area contributed by atoms with E-state index >= 15 is 0 Å². The average Bonchev–Trinajstić information content (AvgIpc) is 2.16. The Labute approximate surface area is 85.4 Å². The Morgan fingerprint density at radius 2 is 2.14 bits per heavy atom. The highest BCUT2D eigenvalue weighted by Gasteiger charge is 2.04. The Morgan fingerprint density at radius 1 is 1.43 bits per heavy atom. The molecule has 0 aliphatic rings. The smallest absolute Gasteiger partial charge is 0.101 e. The molecule has 0 spiro atoms. The van der Waals surface area contributed by atoms with Crippen LogP contribution < -0.4 is 5.73 Å². The molecule has 0 heterocycles. The molecule has 0 radical (unpaired) electrons. The Kier molecular flexibility index (Phi) is 3.53. The third kappa shape index (κ3) is 2.50. The van der Waals surface area contributed by atoms with Crippen LogP contribution in [0.2, 0.25) is 0 Å². The second-order valence-corrected chi connectivity index (χ2v) is 3.92. The van der Waals surface area contributed by atoms with Crippen LogP contribution in [0.3, 0.4) is 0 Å². The number of nitrogens with two attached hydrogens (primary N) is 1. The fourth-order valence-corrected chi connectivity index (χ4v) is 1.37. The number of aryl methyl sites for hydroxylation is 1. The molecule has 1 aromatic carbocycles. The maximum atomic E-state index is 8.79. The van der Waals surface area contributed by atoms with Crippen molar-refractivity contribution < 1.29 is 0 Å². The molecule has 0 aliphatic heterocycles. The van der Waals surface area contributed by atoms with E-state index in [9.17, 15) is 0 Å². The molecule has 2 nitrogen and oxygen atoms in total. The Morgan fingerprint density at radius 3 is 2.71 bits per heavy atom. The zero-order chi connectivity index (χ0) is 10.6. The van der Waals surface area contributed by atoms with E-state index in [4.69, 9.17) is 11.0 Å². The van der Waals surface area contributed by atoms with Crippen molar-refractivity contribution >= 4 is 5.69 Å². The summed E-state index contributed by atoms with van der Waals surface area (Å²) in [6.45, 7) is 4.37. The van der Waals surface area contributed by atoms with Gasteiger partial charge in [0.15, 0.2) is 0 Å². The first kappa shape index (κ1) is 10.6. The van der Waals surface area contributed by atoms with E-state index < -0.39 is 0 Å². The Hall–Kier alpha value is -1.49. The van der Waals surface area contributed by atoms with Crippen LogP contribution in [0.1, 0.15) is 31.4 Å². The van der Waals surface area contributed by atoms with Gasteiger partial charge in [-0.2, -0.15) is 5.26 Å². The van der Waals surface area contributed by atoms with Crippen LogP contribution in [-0.2, 0) is 6.42 Å². The lowest BCUT2D eigenvalue weighted by Crippen LogP contribution is -1.99. The van der Waals surface area contributed by atoms with Gasteiger partial charge in [-0.3, -0.25) is 0 Å². The fourth-order valence-electron chi connectivity index (χ4n) is 1.37. The predicted octanol–water partition coefficient (Wildman–Crippen LogP) is 2.73. The molecule has 0 bridgehead atoms. The van der Waals surface area contributed by atoms with Crippen LogP contribution in [0.4, 0.5) is 5.69 Å². The third-order valence-electron chi connectivity index (χ3n) is 2.31. The Bertz CT molecular complexity index is 348. The molecular weight excluding hydrogens is 172 g/mol. The van der Waals surface area contributed by atoms with E-state index in [0.29, 0.717) is 17.2 Å². The van der Waals surface area contributed by atoms with E-state index in [1.807, 2.05) is 12.1 Å². The molecule has 0 fully saturated rings. The van der Waals surface area contributed by atoms with Gasteiger partial charge in [0.2, 0.25) is 0 Å². The lowest BCUT2D eigenvalue weighted by atomic mass is 9.99. The molecule has 0 atom stereocenters. The molecule has 74 valence electrons. The number of nitriles is 1. The van der Waals surface area contributed by atoms with Gasteiger partial charge in [0.1, 0.15) is 6.07 Å². The SMILES string of the molecule is CC(C)CCc1cccc(C#N)c1N. The minimum absolute atomic E-state index is 0.589. The highest BCUT2D eigenvalue weighted by Crippen LogP contribution is 2.19. The molecule has 0 aromatic heterocycles. The van der Waals surface area contributed by atoms with Crippen molar-refractivity contribution in [2.45, 2.75) is 26.7 Å². The summed E-state index contributed by atoms with van der Waals surface area (Å²) in [4.78, 5) is 0. The first-order valence-electron chi connectivity index (χ1n) is 4.92. The van der Waals surface area contributed by atoms with Gasteiger partial charge in [-0.1, -0.05) is 26.0 Å². The number of anilines is 1. The van der Waals surface area contributed by atoms with Gasteiger partial charge in [-0.15, -0.1) is 0 Å². The first-order valence-corrected chi connectivity index (χ1v) is 4.92. The van der Waals surface area contributed by atoms with E-state index in [1.165, 1.54) is 0 Å². The van der Waals surface area contributed by atoms with Crippen molar-refractivity contribution in [1.29, 1.82) is 5.26 Å². The topological polar surface area (TPSA) is 49.8 Å². The minimum Gasteiger partial charge on any atom is -0.397 e. The van der Waals surface area contributed by atoms with E-state index in [0.717, 1.165) is 18.4 Å². The summed E-state index contributed by atoms with van der Waals surface area (Å²) < 4.78 is 0. The summed E-state index contributed by atoms with van der Waals surface area (Å²) >= 11 is 0. The molecule has 1 aromatic rings. The zero-order valence-corrected chi connectivity index (χ0v) is 8.75. The highest BCUT2D eigenvalue weighted by molar-refractivity contribution is 5.59. The molecule has 0 unspecified atom stereocenters. The number of hydrogen-bond donors (Lipinski definition) is 1. The number of hydrogen-bond acceptors (Lipinski definition) is 2. The fraction of sp³-hybridized carbons (Fsp3) is 0.417. The third-order valence-corrected chi connectivity index (χ3v) is 2.31. The van der Waals surface area contributed by atoms with Crippen molar-refractivity contribution in [3.05, 3.63) is 29.3 Å². The van der Waals surface area contributed by atoms with E-state index in [1.54, 1.807) is 6.07 Å². The molecule has 0 saturated heterocycles. The maximum absolute atomic E-state index is 8.79. The minimum atomic E-state index is 0.589. The summed E-state index contributed by atoms with van der Waals surface area (Å²) in [6.07, 6.45) is 2.07. The van der Waals surface area contributed by atoms with Crippen LogP contribution in [0.5, 0.6) is 0 Å². The Balaban J connectivity index is 2.83. The van der Waals surface area contributed by atoms with Gasteiger partial charge in [0, 0.05) is 0 Å². The summed E-state index contributed by atoms with van der Waals surface area (Å²) in [7, 11) is 0. The van der Waals surface area contributed by atoms with Crippen molar-refractivity contribution in [3.8, 4) is 6.07 Å². The van der Waals surface area contributed by atoms with Gasteiger partial charge in [-0.25, -0.2) is 0 Å². The standard InChI is InChI=1S/C12H16N2/c1-9(2)6-7-10-4-3-5-11(8-13)12(10)14/h3-5,9H,6-7,14H2,1-2H3. The van der Waals surface area contributed by atoms with Crippen LogP contribution in [-0.4, -0.2) is 0 Å². The van der Waals surface area contributed by atoms with Crippen LogP contribution in [0.15, 0.2) is 18.2 Å². The summed E-state index contributed by atoms with van der Waals surface area (Å²) in [6, 6.07) is 7.75. The second kappa shape index (κ2) is 4.66. The summed E-state index contributed by atoms with van der Waals surface area (Å²) in [5.74, 6) is 0.667. The van der Waals surface area contributed by atoms with E-state index in [2.05, 4.69) is 19.9 Å². The van der Waals surface area contributed by atoms with Crippen LogP contribution in [0, 0.1) is 17.2 Å². The lowest BCUT2D eigenvalue weighted by molar-refractivity contribution is 0.587. The van der Waals surface area contributed by atoms with E-state index in [-0.39, 0.29) is 0 Å².